The summed E-state index contributed by atoms with van der Waals surface area (Å²) in [4.78, 5) is 1.15. The van der Waals surface area contributed by atoms with Crippen molar-refractivity contribution in [3.63, 3.8) is 0 Å². The summed E-state index contributed by atoms with van der Waals surface area (Å²) < 4.78 is 0. The zero-order valence-corrected chi connectivity index (χ0v) is 9.79. The standard InChI is InChI=1S/C11H17NO2S/c1-12-7-10(13)11(14)8-3-5-9(15-2)6-4-8/h3-6,10-14H,7H2,1-2H3. The van der Waals surface area contributed by atoms with Crippen LogP contribution in [-0.4, -0.2) is 36.2 Å². The van der Waals surface area contributed by atoms with Gasteiger partial charge in [-0.2, -0.15) is 0 Å². The van der Waals surface area contributed by atoms with Crippen LogP contribution in [0.3, 0.4) is 0 Å². The van der Waals surface area contributed by atoms with Crippen LogP contribution in [0.4, 0.5) is 0 Å². The Kier molecular flexibility index (Phi) is 5.11. The van der Waals surface area contributed by atoms with Crippen molar-refractivity contribution in [1.82, 2.24) is 5.32 Å². The number of benzene rings is 1. The summed E-state index contributed by atoms with van der Waals surface area (Å²) in [5.41, 5.74) is 0.746. The molecule has 0 aliphatic rings. The molecule has 0 aliphatic carbocycles. The minimum absolute atomic E-state index is 0.380. The molecule has 0 amide bonds. The van der Waals surface area contributed by atoms with Gasteiger partial charge in [-0.15, -0.1) is 11.8 Å². The van der Waals surface area contributed by atoms with Crippen LogP contribution in [0.2, 0.25) is 0 Å². The van der Waals surface area contributed by atoms with Gasteiger partial charge in [-0.05, 0) is 31.0 Å². The Morgan fingerprint density at radius 1 is 1.27 bits per heavy atom. The van der Waals surface area contributed by atoms with Crippen molar-refractivity contribution >= 4 is 11.8 Å². The van der Waals surface area contributed by atoms with Crippen molar-refractivity contribution in [2.75, 3.05) is 19.8 Å². The number of rotatable bonds is 5. The second-order valence-corrected chi connectivity index (χ2v) is 4.22. The third-order valence-electron chi connectivity index (χ3n) is 2.24. The number of aliphatic hydroxyl groups is 2. The molecule has 2 unspecified atom stereocenters. The Balaban J connectivity index is 2.69. The number of thioether (sulfide) groups is 1. The largest absolute Gasteiger partial charge is 0.389 e. The highest BCUT2D eigenvalue weighted by molar-refractivity contribution is 7.98. The van der Waals surface area contributed by atoms with Crippen LogP contribution in [0.25, 0.3) is 0 Å². The SMILES string of the molecule is CNCC(O)C(O)c1ccc(SC)cc1. The molecule has 3 nitrogen and oxygen atoms in total. The van der Waals surface area contributed by atoms with E-state index >= 15 is 0 Å². The second kappa shape index (κ2) is 6.12. The Bertz CT molecular complexity index is 289. The summed E-state index contributed by atoms with van der Waals surface area (Å²) in [6.45, 7) is 0.380. The fourth-order valence-electron chi connectivity index (χ4n) is 1.34. The van der Waals surface area contributed by atoms with Gasteiger partial charge in [0.1, 0.15) is 6.10 Å². The van der Waals surface area contributed by atoms with Gasteiger partial charge in [-0.1, -0.05) is 12.1 Å². The van der Waals surface area contributed by atoms with E-state index in [4.69, 9.17) is 0 Å². The number of hydrogen-bond donors (Lipinski definition) is 3. The molecule has 2 atom stereocenters. The van der Waals surface area contributed by atoms with Gasteiger partial charge < -0.3 is 15.5 Å². The van der Waals surface area contributed by atoms with Crippen molar-refractivity contribution in [1.29, 1.82) is 0 Å². The molecule has 0 saturated heterocycles. The Hall–Kier alpha value is -0.550. The number of aliphatic hydroxyl groups excluding tert-OH is 2. The Morgan fingerprint density at radius 3 is 2.33 bits per heavy atom. The molecule has 1 aromatic rings. The first kappa shape index (κ1) is 12.5. The smallest absolute Gasteiger partial charge is 0.106 e. The molecule has 0 heterocycles. The summed E-state index contributed by atoms with van der Waals surface area (Å²) in [5, 5.41) is 22.2. The van der Waals surface area contributed by atoms with Gasteiger partial charge >= 0.3 is 0 Å². The normalized spacial score (nSPS) is 14.9. The topological polar surface area (TPSA) is 52.5 Å². The van der Waals surface area contributed by atoms with Crippen LogP contribution in [0.5, 0.6) is 0 Å². The molecule has 0 aliphatic heterocycles. The lowest BCUT2D eigenvalue weighted by molar-refractivity contribution is 0.0202. The highest BCUT2D eigenvalue weighted by Gasteiger charge is 2.16. The van der Waals surface area contributed by atoms with Crippen molar-refractivity contribution in [2.24, 2.45) is 0 Å². The zero-order valence-electron chi connectivity index (χ0n) is 8.97. The molecule has 4 heteroatoms. The molecule has 1 aromatic carbocycles. The highest BCUT2D eigenvalue weighted by atomic mass is 32.2. The van der Waals surface area contributed by atoms with Crippen LogP contribution in [0.1, 0.15) is 11.7 Å². The van der Waals surface area contributed by atoms with E-state index in [0.717, 1.165) is 10.5 Å². The van der Waals surface area contributed by atoms with Crippen LogP contribution in [-0.2, 0) is 0 Å². The maximum absolute atomic E-state index is 9.79. The number of nitrogens with one attached hydrogen (secondary N) is 1. The van der Waals surface area contributed by atoms with Gasteiger partial charge in [-0.25, -0.2) is 0 Å². The molecular weight excluding hydrogens is 210 g/mol. The van der Waals surface area contributed by atoms with E-state index in [-0.39, 0.29) is 0 Å². The van der Waals surface area contributed by atoms with Crippen molar-refractivity contribution in [2.45, 2.75) is 17.1 Å². The van der Waals surface area contributed by atoms with Crippen molar-refractivity contribution in [3.8, 4) is 0 Å². The zero-order chi connectivity index (χ0) is 11.3. The molecule has 1 rings (SSSR count). The molecule has 84 valence electrons. The molecule has 0 aromatic heterocycles. The van der Waals surface area contributed by atoms with Crippen LogP contribution in [0.15, 0.2) is 29.2 Å². The molecular formula is C11H17NO2S. The van der Waals surface area contributed by atoms with Gasteiger partial charge in [0.25, 0.3) is 0 Å². The molecule has 15 heavy (non-hydrogen) atoms. The molecule has 0 bridgehead atoms. The molecule has 0 radical (unpaired) electrons. The summed E-state index contributed by atoms with van der Waals surface area (Å²) in [7, 11) is 1.74. The third kappa shape index (κ3) is 3.50. The van der Waals surface area contributed by atoms with E-state index in [1.54, 1.807) is 18.8 Å². The fraction of sp³-hybridized carbons (Fsp3) is 0.455. The van der Waals surface area contributed by atoms with Gasteiger partial charge in [0.15, 0.2) is 0 Å². The third-order valence-corrected chi connectivity index (χ3v) is 2.98. The average molecular weight is 227 g/mol. The lowest BCUT2D eigenvalue weighted by Crippen LogP contribution is -2.29. The van der Waals surface area contributed by atoms with E-state index < -0.39 is 12.2 Å². The Labute approximate surface area is 94.5 Å². The highest BCUT2D eigenvalue weighted by Crippen LogP contribution is 2.20. The van der Waals surface area contributed by atoms with Gasteiger partial charge in [-0.3, -0.25) is 0 Å². The monoisotopic (exact) mass is 227 g/mol. The van der Waals surface area contributed by atoms with E-state index in [0.29, 0.717) is 6.54 Å². The summed E-state index contributed by atoms with van der Waals surface area (Å²) >= 11 is 1.65. The first-order valence-electron chi connectivity index (χ1n) is 4.83. The van der Waals surface area contributed by atoms with E-state index in [1.165, 1.54) is 0 Å². The van der Waals surface area contributed by atoms with Crippen LogP contribution in [0, 0.1) is 0 Å². The summed E-state index contributed by atoms with van der Waals surface area (Å²) in [6, 6.07) is 7.56. The van der Waals surface area contributed by atoms with Crippen LogP contribution >= 0.6 is 11.8 Å². The predicted octanol–water partition coefficient (Wildman–Crippen LogP) is 1.02. The maximum Gasteiger partial charge on any atom is 0.106 e. The average Bonchev–Trinajstić information content (AvgIpc) is 2.28. The first-order valence-corrected chi connectivity index (χ1v) is 6.06. The quantitative estimate of drug-likeness (QED) is 0.657. The maximum atomic E-state index is 9.79. The predicted molar refractivity (Wildman–Crippen MR) is 63.1 cm³/mol. The number of hydrogen-bond acceptors (Lipinski definition) is 4. The number of likely N-dealkylation sites (N-methyl/N-ethyl adjacent to an activating group) is 1. The lowest BCUT2D eigenvalue weighted by Gasteiger charge is -2.17. The summed E-state index contributed by atoms with van der Waals surface area (Å²) in [6.07, 6.45) is 0.407. The van der Waals surface area contributed by atoms with E-state index in [2.05, 4.69) is 5.32 Å². The fourth-order valence-corrected chi connectivity index (χ4v) is 1.75. The van der Waals surface area contributed by atoms with Gasteiger partial charge in [0, 0.05) is 11.4 Å². The minimum Gasteiger partial charge on any atom is -0.389 e. The first-order chi connectivity index (χ1) is 7.19. The van der Waals surface area contributed by atoms with E-state index in [1.807, 2.05) is 30.5 Å². The second-order valence-electron chi connectivity index (χ2n) is 3.34. The molecule has 0 spiro atoms. The molecule has 0 fully saturated rings. The van der Waals surface area contributed by atoms with Crippen molar-refractivity contribution < 1.29 is 10.2 Å². The van der Waals surface area contributed by atoms with Crippen LogP contribution < -0.4 is 5.32 Å². The minimum atomic E-state index is -0.826. The van der Waals surface area contributed by atoms with Gasteiger partial charge in [0.05, 0.1) is 6.10 Å². The van der Waals surface area contributed by atoms with Crippen molar-refractivity contribution in [3.05, 3.63) is 29.8 Å². The lowest BCUT2D eigenvalue weighted by atomic mass is 10.0. The van der Waals surface area contributed by atoms with E-state index in [9.17, 15) is 10.2 Å². The summed E-state index contributed by atoms with van der Waals surface area (Å²) in [5.74, 6) is 0. The van der Waals surface area contributed by atoms with Gasteiger partial charge in [0.2, 0.25) is 0 Å². The Morgan fingerprint density at radius 2 is 1.87 bits per heavy atom. The molecule has 3 N–H and O–H groups in total. The molecule has 0 saturated carbocycles.